The largest absolute Gasteiger partial charge is 0.396 e. The van der Waals surface area contributed by atoms with Crippen LogP contribution in [0, 0.1) is 18.3 Å². The van der Waals surface area contributed by atoms with Gasteiger partial charge >= 0.3 is 0 Å². The fraction of sp³-hybridized carbons (Fsp3) is 0.200. The van der Waals surface area contributed by atoms with Crippen molar-refractivity contribution in [1.29, 1.82) is 5.26 Å². The smallest absolute Gasteiger partial charge is 0.165 e. The van der Waals surface area contributed by atoms with E-state index < -0.39 is 0 Å². The molecule has 0 spiro atoms. The molecule has 3 N–H and O–H groups in total. The summed E-state index contributed by atoms with van der Waals surface area (Å²) >= 11 is 0. The van der Waals surface area contributed by atoms with Gasteiger partial charge in [-0.2, -0.15) is 5.26 Å². The molecule has 0 atom stereocenters. The minimum absolute atomic E-state index is 0.231. The van der Waals surface area contributed by atoms with Crippen LogP contribution in [0.5, 0.6) is 0 Å². The molecular formula is C15H17N5. The van der Waals surface area contributed by atoms with Crippen molar-refractivity contribution < 1.29 is 0 Å². The molecule has 0 aliphatic rings. The molecule has 0 aliphatic carbocycles. The van der Waals surface area contributed by atoms with Gasteiger partial charge in [-0.3, -0.25) is 0 Å². The first-order chi connectivity index (χ1) is 9.51. The molecule has 0 bridgehead atoms. The van der Waals surface area contributed by atoms with E-state index in [4.69, 9.17) is 11.0 Å². The van der Waals surface area contributed by atoms with Crippen LogP contribution in [0.15, 0.2) is 30.3 Å². The summed E-state index contributed by atoms with van der Waals surface area (Å²) in [5, 5.41) is 12.1. The minimum Gasteiger partial charge on any atom is -0.396 e. The average Bonchev–Trinajstić information content (AvgIpc) is 2.42. The van der Waals surface area contributed by atoms with Crippen LogP contribution >= 0.6 is 0 Å². The topological polar surface area (TPSA) is 78.0 Å². The van der Waals surface area contributed by atoms with Crippen LogP contribution < -0.4 is 16.0 Å². The van der Waals surface area contributed by atoms with Crippen LogP contribution in [0.2, 0.25) is 0 Å². The van der Waals surface area contributed by atoms with E-state index in [9.17, 15) is 0 Å². The highest BCUT2D eigenvalue weighted by Crippen LogP contribution is 2.25. The molecule has 102 valence electrons. The number of anilines is 4. The average molecular weight is 267 g/mol. The summed E-state index contributed by atoms with van der Waals surface area (Å²) in [6, 6.07) is 11.5. The van der Waals surface area contributed by atoms with Crippen molar-refractivity contribution in [2.24, 2.45) is 0 Å². The van der Waals surface area contributed by atoms with E-state index in [1.165, 1.54) is 5.56 Å². The summed E-state index contributed by atoms with van der Waals surface area (Å²) in [5.74, 6) is 0.601. The molecule has 1 aromatic carbocycles. The summed E-state index contributed by atoms with van der Waals surface area (Å²) in [4.78, 5) is 6.23. The van der Waals surface area contributed by atoms with Crippen molar-refractivity contribution >= 4 is 22.9 Å². The molecule has 5 heteroatoms. The molecule has 0 aliphatic heterocycles. The maximum absolute atomic E-state index is 8.94. The molecule has 20 heavy (non-hydrogen) atoms. The summed E-state index contributed by atoms with van der Waals surface area (Å²) in [6.07, 6.45) is 0. The van der Waals surface area contributed by atoms with E-state index in [-0.39, 0.29) is 5.69 Å². The number of nitrogens with zero attached hydrogens (tertiary/aromatic N) is 3. The lowest BCUT2D eigenvalue weighted by molar-refractivity contribution is 1.11. The van der Waals surface area contributed by atoms with Crippen molar-refractivity contribution in [2.75, 3.05) is 30.0 Å². The number of aryl methyl sites for hydroxylation is 1. The number of hydrogen-bond donors (Lipinski definition) is 2. The number of rotatable bonds is 3. The van der Waals surface area contributed by atoms with Gasteiger partial charge in [-0.05, 0) is 36.8 Å². The van der Waals surface area contributed by atoms with Crippen LogP contribution in [0.25, 0.3) is 0 Å². The van der Waals surface area contributed by atoms with Crippen molar-refractivity contribution in [3.63, 3.8) is 0 Å². The Bertz CT molecular complexity index is 670. The number of aromatic nitrogens is 1. The van der Waals surface area contributed by atoms with E-state index in [0.717, 1.165) is 11.4 Å². The minimum atomic E-state index is 0.231. The first kappa shape index (κ1) is 13.7. The lowest BCUT2D eigenvalue weighted by Crippen LogP contribution is -2.10. The zero-order chi connectivity index (χ0) is 14.7. The van der Waals surface area contributed by atoms with E-state index in [1.807, 2.05) is 38.4 Å². The van der Waals surface area contributed by atoms with Crippen molar-refractivity contribution in [2.45, 2.75) is 6.92 Å². The highest BCUT2D eigenvalue weighted by molar-refractivity contribution is 5.67. The molecule has 0 unspecified atom stereocenters. The first-order valence-corrected chi connectivity index (χ1v) is 6.23. The summed E-state index contributed by atoms with van der Waals surface area (Å²) in [5.41, 5.74) is 9.52. The van der Waals surface area contributed by atoms with Gasteiger partial charge in [0.05, 0.1) is 5.69 Å². The van der Waals surface area contributed by atoms with Gasteiger partial charge in [-0.15, -0.1) is 0 Å². The van der Waals surface area contributed by atoms with Gasteiger partial charge < -0.3 is 16.0 Å². The van der Waals surface area contributed by atoms with Gasteiger partial charge in [-0.25, -0.2) is 4.98 Å². The second kappa shape index (κ2) is 5.49. The van der Waals surface area contributed by atoms with Gasteiger partial charge in [0.2, 0.25) is 0 Å². The second-order valence-electron chi connectivity index (χ2n) is 4.77. The Hall–Kier alpha value is -2.74. The van der Waals surface area contributed by atoms with Gasteiger partial charge in [0, 0.05) is 25.5 Å². The summed E-state index contributed by atoms with van der Waals surface area (Å²) in [7, 11) is 4.00. The number of nitriles is 1. The Labute approximate surface area is 118 Å². The third-order valence-corrected chi connectivity index (χ3v) is 3.00. The van der Waals surface area contributed by atoms with Crippen molar-refractivity contribution in [3.8, 4) is 6.07 Å². The third kappa shape index (κ3) is 2.81. The number of hydrogen-bond acceptors (Lipinski definition) is 5. The van der Waals surface area contributed by atoms with Crippen LogP contribution in [-0.2, 0) is 0 Å². The Morgan fingerprint density at radius 3 is 2.65 bits per heavy atom. The molecule has 1 heterocycles. The Morgan fingerprint density at radius 1 is 1.25 bits per heavy atom. The highest BCUT2D eigenvalue weighted by atomic mass is 15.1. The Morgan fingerprint density at radius 2 is 2.00 bits per heavy atom. The van der Waals surface area contributed by atoms with E-state index in [2.05, 4.69) is 22.1 Å². The standard InChI is InChI=1S/C15H17N5/c1-10-4-5-11(8-14(10)20(2)3)18-15-7-6-12(17)13(9-16)19-15/h4-8H,17H2,1-3H3,(H,18,19). The fourth-order valence-electron chi connectivity index (χ4n) is 1.95. The van der Waals surface area contributed by atoms with Crippen LogP contribution in [0.3, 0.4) is 0 Å². The van der Waals surface area contributed by atoms with Gasteiger partial charge in [0.25, 0.3) is 0 Å². The second-order valence-corrected chi connectivity index (χ2v) is 4.77. The predicted molar refractivity (Wildman–Crippen MR) is 82.2 cm³/mol. The maximum Gasteiger partial charge on any atom is 0.165 e. The van der Waals surface area contributed by atoms with Gasteiger partial charge in [0.15, 0.2) is 5.69 Å². The molecule has 5 nitrogen and oxygen atoms in total. The summed E-state index contributed by atoms with van der Waals surface area (Å²) in [6.45, 7) is 2.06. The number of benzene rings is 1. The molecule has 2 rings (SSSR count). The van der Waals surface area contributed by atoms with Gasteiger partial charge in [-0.1, -0.05) is 6.07 Å². The quantitative estimate of drug-likeness (QED) is 0.893. The van der Waals surface area contributed by atoms with Gasteiger partial charge in [0.1, 0.15) is 11.9 Å². The fourth-order valence-corrected chi connectivity index (χ4v) is 1.95. The molecule has 0 saturated heterocycles. The zero-order valence-electron chi connectivity index (χ0n) is 11.8. The van der Waals surface area contributed by atoms with E-state index in [0.29, 0.717) is 11.5 Å². The molecule has 0 saturated carbocycles. The summed E-state index contributed by atoms with van der Waals surface area (Å²) < 4.78 is 0. The van der Waals surface area contributed by atoms with E-state index in [1.54, 1.807) is 12.1 Å². The number of nitrogens with one attached hydrogen (secondary N) is 1. The maximum atomic E-state index is 8.94. The third-order valence-electron chi connectivity index (χ3n) is 3.00. The molecular weight excluding hydrogens is 250 g/mol. The van der Waals surface area contributed by atoms with Crippen LogP contribution in [0.1, 0.15) is 11.3 Å². The lowest BCUT2D eigenvalue weighted by atomic mass is 10.1. The molecule has 2 aromatic rings. The normalized spacial score (nSPS) is 9.90. The monoisotopic (exact) mass is 267 g/mol. The van der Waals surface area contributed by atoms with Crippen LogP contribution in [-0.4, -0.2) is 19.1 Å². The number of nitrogens with two attached hydrogens (primary N) is 1. The van der Waals surface area contributed by atoms with Crippen molar-refractivity contribution in [3.05, 3.63) is 41.6 Å². The van der Waals surface area contributed by atoms with Crippen LogP contribution in [0.4, 0.5) is 22.9 Å². The highest BCUT2D eigenvalue weighted by Gasteiger charge is 2.05. The number of pyridine rings is 1. The van der Waals surface area contributed by atoms with E-state index >= 15 is 0 Å². The lowest BCUT2D eigenvalue weighted by Gasteiger charge is -2.17. The molecule has 0 amide bonds. The Balaban J connectivity index is 2.31. The SMILES string of the molecule is Cc1ccc(Nc2ccc(N)c(C#N)n2)cc1N(C)C. The molecule has 0 radical (unpaired) electrons. The molecule has 0 fully saturated rings. The Kier molecular flexibility index (Phi) is 3.76. The molecule has 1 aromatic heterocycles. The van der Waals surface area contributed by atoms with Crippen molar-refractivity contribution in [1.82, 2.24) is 4.98 Å². The number of nitrogen functional groups attached to an aromatic ring is 1. The zero-order valence-corrected chi connectivity index (χ0v) is 11.8. The first-order valence-electron chi connectivity index (χ1n) is 6.23. The predicted octanol–water partition coefficient (Wildman–Crippen LogP) is 2.65.